The Morgan fingerprint density at radius 1 is 0.231 bits per heavy atom. The number of anilines is 5. The summed E-state index contributed by atoms with van der Waals surface area (Å²) in [4.78, 5) is 24.9. The lowest BCUT2D eigenvalue weighted by Crippen LogP contribution is -2.39. The summed E-state index contributed by atoms with van der Waals surface area (Å²) in [5, 5.41) is 0. The molecule has 6 aliphatic carbocycles. The van der Waals surface area contributed by atoms with Crippen molar-refractivity contribution in [3.05, 3.63) is 339 Å². The van der Waals surface area contributed by atoms with Gasteiger partial charge in [0.05, 0.1) is 22.2 Å². The number of rotatable bonds is 13. The first-order valence-corrected chi connectivity index (χ1v) is 50.8. The Morgan fingerprint density at radius 2 is 0.455 bits per heavy atom. The molecule has 143 heavy (non-hydrogen) atoms. The van der Waals surface area contributed by atoms with Crippen LogP contribution in [0.5, 0.6) is 0 Å². The van der Waals surface area contributed by atoms with Crippen molar-refractivity contribution in [3.63, 3.8) is 0 Å². The Morgan fingerprint density at radius 3 is 0.748 bits per heavy atom. The maximum atomic E-state index is 9.32. The van der Waals surface area contributed by atoms with Gasteiger partial charge in [-0.15, -0.1) is 0 Å². The van der Waals surface area contributed by atoms with Crippen molar-refractivity contribution in [3.8, 4) is 0 Å². The van der Waals surface area contributed by atoms with Crippen LogP contribution in [0.1, 0.15) is 382 Å². The van der Waals surface area contributed by atoms with Gasteiger partial charge < -0.3 is 49.0 Å². The van der Waals surface area contributed by atoms with Crippen molar-refractivity contribution in [2.24, 2.45) is 52.7 Å². The van der Waals surface area contributed by atoms with Crippen LogP contribution in [0.2, 0.25) is 0 Å². The van der Waals surface area contributed by atoms with Gasteiger partial charge in [0.2, 0.25) is 0 Å². The molecule has 788 valence electrons. The van der Waals surface area contributed by atoms with Crippen LogP contribution in [0.4, 0.5) is 28.4 Å². The molecule has 0 aromatic heterocycles. The third-order valence-electron chi connectivity index (χ3n) is 34.3. The SMILES string of the molecule is C.C.C.C.C.C.C.C.C.C.C.C.C.C.CC1=C2N(C=CC2(C2CCCC2)C2CCCC2)C(C)N1c1ccccc1C.CC1=C2N(C=CC2(c2ccccc2)C2CCCC2)C(C)N1c1ccccc1C.CC1=C2N(C=CC2(c2ccccc2)C2CCCCC2)C(C)N1c1ccccc1C.[2H]C1(C2CCCC2)C=CN2C1=C(C)N(c1ccccc1C)C2C.[2H]C1(C2CCCCC2)C=CN2C1=C(C)N(c1ccccc1C)C2C. The van der Waals surface area contributed by atoms with E-state index in [0.717, 1.165) is 11.8 Å². The summed E-state index contributed by atoms with van der Waals surface area (Å²) in [5.41, 5.74) is 30.3. The molecule has 10 heterocycles. The molecule has 10 aliphatic heterocycles. The number of hydrogen-bond acceptors (Lipinski definition) is 10. The van der Waals surface area contributed by atoms with E-state index in [9.17, 15) is 2.74 Å². The molecule has 0 amide bonds. The third-order valence-corrected chi connectivity index (χ3v) is 34.3. The molecular weight excluding hydrogens is 1740 g/mol. The minimum absolute atomic E-state index is 0. The summed E-state index contributed by atoms with van der Waals surface area (Å²) in [7, 11) is 0. The van der Waals surface area contributed by atoms with Crippen molar-refractivity contribution < 1.29 is 2.74 Å². The smallest absolute Gasteiger partial charge is 0.107 e. The molecule has 23 rings (SSSR count). The summed E-state index contributed by atoms with van der Waals surface area (Å²) < 4.78 is 18.5. The molecule has 0 spiro atoms. The Balaban J connectivity index is 0.000000312. The summed E-state index contributed by atoms with van der Waals surface area (Å²) in [6.07, 6.45) is 59.7. The van der Waals surface area contributed by atoms with E-state index in [4.69, 9.17) is 0 Å². The second-order valence-electron chi connectivity index (χ2n) is 41.1. The first-order valence-electron chi connectivity index (χ1n) is 51.8. The van der Waals surface area contributed by atoms with Gasteiger partial charge in [-0.05, 0) is 286 Å². The van der Waals surface area contributed by atoms with Crippen LogP contribution < -0.4 is 24.5 Å². The second-order valence-corrected chi connectivity index (χ2v) is 41.1. The largest absolute Gasteiger partial charge is 0.329 e. The molecular formula is C133H206N10. The summed E-state index contributed by atoms with van der Waals surface area (Å²) in [6.45, 7) is 34.1. The van der Waals surface area contributed by atoms with E-state index < -0.39 is 11.8 Å². The monoisotopic (exact) mass is 1950 g/mol. The number of aryl methyl sites for hydroxylation is 5. The number of allylic oxidation sites excluding steroid dienone is 10. The van der Waals surface area contributed by atoms with E-state index in [-0.39, 0.29) is 127 Å². The van der Waals surface area contributed by atoms with Gasteiger partial charge in [0.1, 0.15) is 30.8 Å². The van der Waals surface area contributed by atoms with Gasteiger partial charge in [0.25, 0.3) is 0 Å². The molecule has 10 nitrogen and oxygen atoms in total. The molecule has 0 radical (unpaired) electrons. The molecule has 6 fully saturated rings. The fraction of sp³-hybridized carbons (Fsp3) is 0.534. The van der Waals surface area contributed by atoms with E-state index in [1.165, 1.54) is 286 Å². The van der Waals surface area contributed by atoms with E-state index in [0.29, 0.717) is 47.6 Å². The normalized spacial score (nSPS) is 26.2. The van der Waals surface area contributed by atoms with Crippen LogP contribution in [0.15, 0.2) is 300 Å². The molecule has 6 saturated carbocycles. The molecule has 9 unspecified atom stereocenters. The molecule has 10 heteroatoms. The lowest BCUT2D eigenvalue weighted by Gasteiger charge is -2.42. The lowest BCUT2D eigenvalue weighted by atomic mass is 9.63. The van der Waals surface area contributed by atoms with E-state index >= 15 is 0 Å². The summed E-state index contributed by atoms with van der Waals surface area (Å²) in [6, 6.07) is 66.1. The van der Waals surface area contributed by atoms with Gasteiger partial charge in [-0.25, -0.2) is 0 Å². The molecule has 0 saturated heterocycles. The Bertz CT molecular complexity index is 5640. The number of nitrogens with zero attached hydrogens (tertiary/aromatic N) is 10. The van der Waals surface area contributed by atoms with Crippen LogP contribution in [0, 0.1) is 87.3 Å². The number of hydrogen-bond donors (Lipinski definition) is 0. The maximum Gasteiger partial charge on any atom is 0.107 e. The summed E-state index contributed by atoms with van der Waals surface area (Å²) >= 11 is 0. The van der Waals surface area contributed by atoms with Crippen LogP contribution in [0.3, 0.4) is 0 Å². The highest BCUT2D eigenvalue weighted by Gasteiger charge is 2.59. The first-order chi connectivity index (χ1) is 63.5. The summed E-state index contributed by atoms with van der Waals surface area (Å²) in [5.74, 6) is 2.90. The fourth-order valence-corrected chi connectivity index (χ4v) is 28.2. The number of benzene rings is 7. The van der Waals surface area contributed by atoms with Gasteiger partial charge in [-0.1, -0.05) is 376 Å². The molecule has 7 aromatic carbocycles. The Labute approximate surface area is 883 Å². The lowest BCUT2D eigenvalue weighted by molar-refractivity contribution is 0.158. The quantitative estimate of drug-likeness (QED) is 0.111. The van der Waals surface area contributed by atoms with Gasteiger partial charge in [-0.2, -0.15) is 0 Å². The second kappa shape index (κ2) is 51.8. The van der Waals surface area contributed by atoms with Crippen LogP contribution in [0.25, 0.3) is 0 Å². The molecule has 0 bridgehead atoms. The van der Waals surface area contributed by atoms with Crippen molar-refractivity contribution in [2.75, 3.05) is 24.5 Å². The van der Waals surface area contributed by atoms with Crippen molar-refractivity contribution >= 4 is 28.4 Å². The highest BCUT2D eigenvalue weighted by Crippen LogP contribution is 2.64. The standard InChI is InChI=1S/C27H32N2.C26H30N2.C25H34N2.C21H28N2.C20H26N2.14CH4/c1-20-12-10-11-17-25(20)29-21(2)26-27(18-19-28(26)22(29)3,23-13-6-4-7-14-23)24-15-8-5-9-16-24;1-19-11-7-10-16-24(19)28-20(2)25-26(23-14-8-9-15-23,17-18-27(25)21(28)3)22-12-5-4-6-13-22;1-18-10-4-9-15-23(18)27-19(2)24-25(21-11-5-6-12-21,22-13-7-8-14-22)16-17-26(24)20(27)3;1-15-9-7-8-12-20(15)23-16(2)21-19(13-14-22(21)17(23)3)18-10-5-4-6-11-18;1-14-8-4-7-11-19(14)22-15(2)20-18(17-9-5-6-10-17)12-13-21(20)16(22)3;;;;;;;;;;;;;;/h4,6-7,10-14,17-19,22,24H,5,8-9,15-16H2,1-3H3;4-7,10-13,16-18,21,23H,8-9,14-15H2,1-3H3;4,9-10,15-17,20-22H,5-8,11-14H2,1-3H3;7-9,12-14,17-19H,4-6,10-11H2,1-3H3;4,7-8,11-13,16-18H,5-6,9-10H2,1-3H3;14*1H4/i;;;19D;18D;;;;;;;;;;;;;;. The predicted molar refractivity (Wildman–Crippen MR) is 635 cm³/mol. The van der Waals surface area contributed by atoms with Crippen molar-refractivity contribution in [1.29, 1.82) is 0 Å². The fourth-order valence-electron chi connectivity index (χ4n) is 28.2. The average Bonchev–Trinajstić information content (AvgIpc) is 1.54. The van der Waals surface area contributed by atoms with Crippen LogP contribution in [-0.4, -0.2) is 55.3 Å². The highest BCUT2D eigenvalue weighted by molar-refractivity contribution is 5.69. The zero-order valence-corrected chi connectivity index (χ0v) is 80.8. The number of fused-ring (bicyclic) bond motifs is 5. The van der Waals surface area contributed by atoms with E-state index in [2.05, 4.69) is 396 Å². The molecule has 0 N–H and O–H groups in total. The average molecular weight is 1950 g/mol. The van der Waals surface area contributed by atoms with E-state index in [1.54, 1.807) is 5.70 Å². The van der Waals surface area contributed by atoms with Gasteiger partial charge in [-0.3, -0.25) is 0 Å². The number of para-hydroxylation sites is 5. The molecule has 16 aliphatic rings. The van der Waals surface area contributed by atoms with Gasteiger partial charge in [0, 0.05) is 125 Å². The van der Waals surface area contributed by atoms with Crippen molar-refractivity contribution in [2.45, 2.75) is 416 Å². The van der Waals surface area contributed by atoms with Crippen LogP contribution in [-0.2, 0) is 10.8 Å². The van der Waals surface area contributed by atoms with Crippen LogP contribution >= 0.6 is 0 Å². The maximum absolute atomic E-state index is 9.32. The Hall–Kier alpha value is -10.1. The predicted octanol–water partition coefficient (Wildman–Crippen LogP) is 39.0. The highest BCUT2D eigenvalue weighted by atomic mass is 15.5. The zero-order chi connectivity index (χ0) is 91.0. The minimum Gasteiger partial charge on any atom is -0.329 e. The molecule has 7 aromatic rings. The van der Waals surface area contributed by atoms with Crippen molar-refractivity contribution in [1.82, 2.24) is 24.5 Å². The molecule has 9 atom stereocenters. The third kappa shape index (κ3) is 21.4. The van der Waals surface area contributed by atoms with Gasteiger partial charge in [0.15, 0.2) is 0 Å². The topological polar surface area (TPSA) is 32.4 Å². The first kappa shape index (κ1) is 120. The Kier molecular flexibility index (Phi) is 43.4. The van der Waals surface area contributed by atoms with Gasteiger partial charge >= 0.3 is 0 Å². The van der Waals surface area contributed by atoms with E-state index in [1.807, 2.05) is 0 Å². The minimum atomic E-state index is -0.545. The zero-order valence-electron chi connectivity index (χ0n) is 82.8.